The van der Waals surface area contributed by atoms with Crippen molar-refractivity contribution in [1.82, 2.24) is 4.90 Å². The topological polar surface area (TPSA) is 43.7 Å². The summed E-state index contributed by atoms with van der Waals surface area (Å²) in [5.41, 5.74) is 0. The summed E-state index contributed by atoms with van der Waals surface area (Å²) in [7, 11) is 0. The van der Waals surface area contributed by atoms with Crippen LogP contribution in [0.25, 0.3) is 0 Å². The molecule has 0 aliphatic carbocycles. The Morgan fingerprint density at radius 3 is 1.88 bits per heavy atom. The summed E-state index contributed by atoms with van der Waals surface area (Å²) in [6.07, 6.45) is 1.92. The van der Waals surface area contributed by atoms with E-state index in [0.717, 1.165) is 25.3 Å². The van der Waals surface area contributed by atoms with Crippen LogP contribution in [0.4, 0.5) is 0 Å². The van der Waals surface area contributed by atoms with Crippen LogP contribution in [0.5, 0.6) is 0 Å². The maximum Gasteiger partial charge on any atom is 0.164 e. The zero-order valence-corrected chi connectivity index (χ0v) is 12.7. The van der Waals surface area contributed by atoms with E-state index in [9.17, 15) is 0 Å². The van der Waals surface area contributed by atoms with Gasteiger partial charge in [-0.1, -0.05) is 34.6 Å². The maximum atomic E-state index is 8.76. The number of hydrogen-bond acceptors (Lipinski definition) is 4. The molecule has 0 heterocycles. The van der Waals surface area contributed by atoms with Crippen molar-refractivity contribution in [3.63, 3.8) is 0 Å². The van der Waals surface area contributed by atoms with Gasteiger partial charge in [0.2, 0.25) is 0 Å². The molecule has 2 N–H and O–H groups in total. The molecule has 0 rings (SSSR count). The number of rotatable bonds is 7. The molecule has 0 spiro atoms. The first-order valence-corrected chi connectivity index (χ1v) is 7.67. The van der Waals surface area contributed by atoms with Gasteiger partial charge in [-0.3, -0.25) is 4.90 Å². The zero-order valence-electron chi connectivity index (χ0n) is 11.9. The summed E-state index contributed by atoms with van der Waals surface area (Å²) in [6.45, 7) is 12.3. The molecule has 0 aliphatic rings. The second-order valence-electron chi connectivity index (χ2n) is 2.77. The first kappa shape index (κ1) is 21.5. The third kappa shape index (κ3) is 19.7. The number of hydrogen-bond donors (Lipinski definition) is 2. The van der Waals surface area contributed by atoms with Gasteiger partial charge in [0.1, 0.15) is 0 Å². The molecule has 0 saturated carbocycles. The van der Waals surface area contributed by atoms with E-state index in [1.165, 1.54) is 0 Å². The monoisotopic (exact) mass is 253 g/mol. The van der Waals surface area contributed by atoms with Gasteiger partial charge >= 0.3 is 0 Å². The molecule has 0 unspecified atom stereocenters. The first-order chi connectivity index (χ1) is 7.70. The van der Waals surface area contributed by atoms with Gasteiger partial charge in [0.05, 0.1) is 0 Å². The van der Waals surface area contributed by atoms with Crippen molar-refractivity contribution in [3.05, 3.63) is 0 Å². The van der Waals surface area contributed by atoms with E-state index in [-0.39, 0.29) is 0 Å². The van der Waals surface area contributed by atoms with Gasteiger partial charge in [-0.15, -0.1) is 0 Å². The minimum atomic E-state index is -1.20. The largest absolute Gasteiger partial charge is 0.367 e. The van der Waals surface area contributed by atoms with E-state index in [2.05, 4.69) is 18.1 Å². The summed E-state index contributed by atoms with van der Waals surface area (Å²) < 4.78 is 0. The van der Waals surface area contributed by atoms with Gasteiger partial charge in [-0.2, -0.15) is 11.8 Å². The van der Waals surface area contributed by atoms with Crippen LogP contribution in [0.3, 0.4) is 0 Å². The minimum absolute atomic E-state index is 0.369. The predicted octanol–water partition coefficient (Wildman–Crippen LogP) is 2.42. The van der Waals surface area contributed by atoms with E-state index >= 15 is 0 Å². The van der Waals surface area contributed by atoms with Gasteiger partial charge in [0, 0.05) is 18.8 Å². The van der Waals surface area contributed by atoms with Crippen LogP contribution >= 0.6 is 11.8 Å². The lowest BCUT2D eigenvalue weighted by atomic mass is 10.4. The van der Waals surface area contributed by atoms with Crippen molar-refractivity contribution in [3.8, 4) is 0 Å². The molecule has 0 radical (unpaired) electrons. The van der Waals surface area contributed by atoms with Crippen LogP contribution in [0.1, 0.15) is 41.0 Å². The molecular formula is C12H31NO2S. The van der Waals surface area contributed by atoms with Crippen molar-refractivity contribution in [2.75, 3.05) is 31.6 Å². The summed E-state index contributed by atoms with van der Waals surface area (Å²) >= 11 is 1.78. The van der Waals surface area contributed by atoms with Gasteiger partial charge in [-0.05, 0) is 19.2 Å². The van der Waals surface area contributed by atoms with E-state index in [1.807, 2.05) is 27.7 Å². The van der Waals surface area contributed by atoms with E-state index in [4.69, 9.17) is 10.2 Å². The van der Waals surface area contributed by atoms with E-state index in [0.29, 0.717) is 6.54 Å². The lowest BCUT2D eigenvalue weighted by Gasteiger charge is -2.21. The Kier molecular flexibility index (Phi) is 27.7. The fourth-order valence-corrected chi connectivity index (χ4v) is 1.50. The van der Waals surface area contributed by atoms with Gasteiger partial charge < -0.3 is 10.2 Å². The highest BCUT2D eigenvalue weighted by molar-refractivity contribution is 7.98. The standard InChI is InChI=1S/C8H19NO2S.2C2H6/c1-3-4-9(5-6-12-2)7-8(10)11;2*1-2/h8,10-11H,3-7H2,1-2H3;2*1-2H3. The third-order valence-corrected chi connectivity index (χ3v) is 2.16. The Labute approximate surface area is 106 Å². The molecule has 4 heteroatoms. The highest BCUT2D eigenvalue weighted by atomic mass is 32.2. The second kappa shape index (κ2) is 20.6. The molecule has 0 saturated heterocycles. The van der Waals surface area contributed by atoms with Crippen molar-refractivity contribution >= 4 is 11.8 Å². The number of aliphatic hydroxyl groups excluding tert-OH is 1. The van der Waals surface area contributed by atoms with Crippen LogP contribution in [-0.2, 0) is 0 Å². The fraction of sp³-hybridized carbons (Fsp3) is 1.00. The van der Waals surface area contributed by atoms with Crippen LogP contribution in [0.15, 0.2) is 0 Å². The lowest BCUT2D eigenvalue weighted by molar-refractivity contribution is -0.0602. The molecule has 0 amide bonds. The molecular weight excluding hydrogens is 222 g/mol. The average Bonchev–Trinajstić information content (AvgIpc) is 2.31. The fourth-order valence-electron chi connectivity index (χ4n) is 1.06. The molecule has 102 valence electrons. The number of thioether (sulfide) groups is 1. The second-order valence-corrected chi connectivity index (χ2v) is 3.76. The molecule has 0 fully saturated rings. The van der Waals surface area contributed by atoms with Gasteiger partial charge in [0.15, 0.2) is 6.29 Å². The van der Waals surface area contributed by atoms with E-state index in [1.54, 1.807) is 11.8 Å². The normalized spacial score (nSPS) is 9.38. The molecule has 0 aliphatic heterocycles. The number of nitrogens with zero attached hydrogens (tertiary/aromatic N) is 1. The SMILES string of the molecule is CC.CC.CCCN(CCSC)CC(O)O. The summed E-state index contributed by atoms with van der Waals surface area (Å²) in [5, 5.41) is 17.5. The van der Waals surface area contributed by atoms with Crippen molar-refractivity contribution in [1.29, 1.82) is 0 Å². The molecule has 0 aromatic heterocycles. The average molecular weight is 253 g/mol. The van der Waals surface area contributed by atoms with Crippen LogP contribution in [0.2, 0.25) is 0 Å². The van der Waals surface area contributed by atoms with Crippen LogP contribution in [0, 0.1) is 0 Å². The van der Waals surface area contributed by atoms with Crippen molar-refractivity contribution in [2.45, 2.75) is 47.3 Å². The quantitative estimate of drug-likeness (QED) is 0.684. The van der Waals surface area contributed by atoms with Gasteiger partial charge in [-0.25, -0.2) is 0 Å². The maximum absolute atomic E-state index is 8.76. The number of aliphatic hydroxyl groups is 2. The Hall–Kier alpha value is 0.230. The van der Waals surface area contributed by atoms with Crippen LogP contribution in [-0.4, -0.2) is 53.0 Å². The van der Waals surface area contributed by atoms with Crippen molar-refractivity contribution < 1.29 is 10.2 Å². The highest BCUT2D eigenvalue weighted by Crippen LogP contribution is 1.98. The Balaban J connectivity index is -0.000000376. The van der Waals surface area contributed by atoms with Gasteiger partial charge in [0.25, 0.3) is 0 Å². The lowest BCUT2D eigenvalue weighted by Crippen LogP contribution is -2.34. The predicted molar refractivity (Wildman–Crippen MR) is 76.0 cm³/mol. The summed E-state index contributed by atoms with van der Waals surface area (Å²) in [6, 6.07) is 0. The molecule has 0 atom stereocenters. The Morgan fingerprint density at radius 1 is 1.06 bits per heavy atom. The summed E-state index contributed by atoms with van der Waals surface area (Å²) in [4.78, 5) is 2.07. The minimum Gasteiger partial charge on any atom is -0.367 e. The molecule has 0 bridgehead atoms. The molecule has 0 aromatic carbocycles. The van der Waals surface area contributed by atoms with Crippen LogP contribution < -0.4 is 0 Å². The molecule has 16 heavy (non-hydrogen) atoms. The molecule has 3 nitrogen and oxygen atoms in total. The van der Waals surface area contributed by atoms with Crippen molar-refractivity contribution in [2.24, 2.45) is 0 Å². The first-order valence-electron chi connectivity index (χ1n) is 6.28. The van der Waals surface area contributed by atoms with E-state index < -0.39 is 6.29 Å². The zero-order chi connectivity index (χ0) is 13.4. The summed E-state index contributed by atoms with van der Waals surface area (Å²) in [5.74, 6) is 1.05. The Bertz CT molecular complexity index is 103. The third-order valence-electron chi connectivity index (χ3n) is 1.57. The highest BCUT2D eigenvalue weighted by Gasteiger charge is 2.06. The molecule has 0 aromatic rings. The smallest absolute Gasteiger partial charge is 0.164 e. The Morgan fingerprint density at radius 2 is 1.56 bits per heavy atom.